The highest BCUT2D eigenvalue weighted by atomic mass is 16.5. The van der Waals surface area contributed by atoms with Gasteiger partial charge in [0.1, 0.15) is 6.54 Å². The van der Waals surface area contributed by atoms with Gasteiger partial charge in [0.25, 0.3) is 5.91 Å². The van der Waals surface area contributed by atoms with Gasteiger partial charge in [-0.25, -0.2) is 0 Å². The molecule has 1 saturated heterocycles. The number of carbonyl (C=O) groups is 2. The minimum atomic E-state index is -0.0953. The lowest BCUT2D eigenvalue weighted by atomic mass is 10.1. The molecule has 2 amide bonds. The third-order valence-electron chi connectivity index (χ3n) is 7.57. The minimum Gasteiger partial charge on any atom is -0.493 e. The molecule has 40 heavy (non-hydrogen) atoms. The maximum Gasteiger partial charge on any atom is 0.254 e. The van der Waals surface area contributed by atoms with E-state index in [1.165, 1.54) is 0 Å². The first kappa shape index (κ1) is 28.9. The molecule has 0 bridgehead atoms. The molecule has 1 atom stereocenters. The molecule has 1 aromatic heterocycles. The van der Waals surface area contributed by atoms with Gasteiger partial charge in [-0.1, -0.05) is 25.1 Å². The molecule has 0 unspecified atom stereocenters. The van der Waals surface area contributed by atoms with Crippen LogP contribution in [0.2, 0.25) is 0 Å². The Balaban J connectivity index is 1.41. The zero-order valence-corrected chi connectivity index (χ0v) is 24.1. The average Bonchev–Trinajstić information content (AvgIpc) is 3.25. The Bertz CT molecular complexity index is 1310. The number of rotatable bonds is 9. The van der Waals surface area contributed by atoms with Gasteiger partial charge in [0.15, 0.2) is 17.3 Å². The average molecular weight is 546 g/mol. The predicted molar refractivity (Wildman–Crippen MR) is 156 cm³/mol. The number of benzene rings is 2. The van der Waals surface area contributed by atoms with E-state index in [-0.39, 0.29) is 24.4 Å². The van der Waals surface area contributed by atoms with E-state index in [1.54, 1.807) is 19.1 Å². The van der Waals surface area contributed by atoms with Crippen LogP contribution in [0.15, 0.2) is 54.6 Å². The fourth-order valence-electron chi connectivity index (χ4n) is 4.90. The van der Waals surface area contributed by atoms with E-state index >= 15 is 0 Å². The molecular weight excluding hydrogens is 506 g/mol. The number of amides is 2. The highest BCUT2D eigenvalue weighted by molar-refractivity contribution is 5.98. The number of hydrogen-bond acceptors (Lipinski definition) is 7. The summed E-state index contributed by atoms with van der Waals surface area (Å²) in [4.78, 5) is 32.6. The molecule has 3 aromatic rings. The lowest BCUT2D eigenvalue weighted by Gasteiger charge is -2.31. The number of anilines is 1. The molecular formula is C31H39N5O4. The van der Waals surface area contributed by atoms with Crippen molar-refractivity contribution >= 4 is 17.6 Å². The van der Waals surface area contributed by atoms with Crippen LogP contribution in [0.25, 0.3) is 11.3 Å². The molecule has 4 rings (SSSR count). The highest BCUT2D eigenvalue weighted by Crippen LogP contribution is 2.31. The van der Waals surface area contributed by atoms with E-state index < -0.39 is 0 Å². The second-order valence-electron chi connectivity index (χ2n) is 10.1. The van der Waals surface area contributed by atoms with Crippen LogP contribution in [0.3, 0.4) is 0 Å². The molecule has 1 aliphatic rings. The lowest BCUT2D eigenvalue weighted by Crippen LogP contribution is -2.47. The summed E-state index contributed by atoms with van der Waals surface area (Å²) in [6.07, 6.45) is 1.58. The molecule has 0 N–H and O–H groups in total. The maximum atomic E-state index is 13.4. The molecule has 1 fully saturated rings. The highest BCUT2D eigenvalue weighted by Gasteiger charge is 2.27. The Morgan fingerprint density at radius 3 is 2.40 bits per heavy atom. The number of methoxy groups -OCH3 is 2. The number of ether oxygens (including phenoxy) is 2. The van der Waals surface area contributed by atoms with E-state index in [0.29, 0.717) is 36.7 Å². The Hall–Kier alpha value is -4.14. The van der Waals surface area contributed by atoms with Crippen molar-refractivity contribution in [2.75, 3.05) is 51.8 Å². The summed E-state index contributed by atoms with van der Waals surface area (Å²) < 4.78 is 10.7. The molecule has 2 aromatic carbocycles. The van der Waals surface area contributed by atoms with Crippen molar-refractivity contribution in [3.63, 3.8) is 0 Å². The topological polar surface area (TPSA) is 88.1 Å². The van der Waals surface area contributed by atoms with Crippen molar-refractivity contribution in [3.8, 4) is 22.8 Å². The Morgan fingerprint density at radius 1 is 0.950 bits per heavy atom. The van der Waals surface area contributed by atoms with Crippen molar-refractivity contribution in [3.05, 3.63) is 65.7 Å². The van der Waals surface area contributed by atoms with Crippen LogP contribution >= 0.6 is 0 Å². The monoisotopic (exact) mass is 545 g/mol. The van der Waals surface area contributed by atoms with Crippen molar-refractivity contribution in [2.24, 2.45) is 0 Å². The van der Waals surface area contributed by atoms with Crippen LogP contribution in [-0.2, 0) is 4.79 Å². The molecule has 212 valence electrons. The predicted octanol–water partition coefficient (Wildman–Crippen LogP) is 4.45. The van der Waals surface area contributed by atoms with Crippen LogP contribution in [0, 0.1) is 6.92 Å². The van der Waals surface area contributed by atoms with Gasteiger partial charge in [-0.05, 0) is 68.7 Å². The lowest BCUT2D eigenvalue weighted by molar-refractivity contribution is -0.132. The first-order valence-corrected chi connectivity index (χ1v) is 13.8. The standard InChI is InChI=1S/C31H39N5O4/c1-6-23(3)36(31(38)25-11-8-7-10-22(25)2)21-30(37)35-17-9-16-34(18-19-35)29-15-13-26(32-33-29)24-12-14-27(39-4)28(20-24)40-5/h7-8,10-15,20,23H,6,9,16-19,21H2,1-5H3/t23-/m1/s1. The number of carbonyl (C=O) groups excluding carboxylic acids is 2. The van der Waals surface area contributed by atoms with Crippen LogP contribution < -0.4 is 14.4 Å². The van der Waals surface area contributed by atoms with Gasteiger partial charge in [0.05, 0.1) is 19.9 Å². The fraction of sp³-hybridized carbons (Fsp3) is 0.419. The molecule has 9 heteroatoms. The zero-order valence-electron chi connectivity index (χ0n) is 24.1. The van der Waals surface area contributed by atoms with Gasteiger partial charge in [-0.3, -0.25) is 9.59 Å². The summed E-state index contributed by atoms with van der Waals surface area (Å²) in [5, 5.41) is 8.93. The van der Waals surface area contributed by atoms with Gasteiger partial charge < -0.3 is 24.2 Å². The third-order valence-corrected chi connectivity index (χ3v) is 7.57. The van der Waals surface area contributed by atoms with E-state index in [0.717, 1.165) is 42.0 Å². The van der Waals surface area contributed by atoms with E-state index in [4.69, 9.17) is 9.47 Å². The molecule has 0 aliphatic carbocycles. The van der Waals surface area contributed by atoms with Crippen LogP contribution in [0.4, 0.5) is 5.82 Å². The van der Waals surface area contributed by atoms with Crippen molar-refractivity contribution in [1.29, 1.82) is 0 Å². The van der Waals surface area contributed by atoms with E-state index in [1.807, 2.05) is 80.3 Å². The first-order valence-electron chi connectivity index (χ1n) is 13.8. The first-order chi connectivity index (χ1) is 19.4. The second kappa shape index (κ2) is 13.3. The SMILES string of the molecule is CC[C@@H](C)N(CC(=O)N1CCCN(c2ccc(-c3ccc(OC)c(OC)c3)nn2)CC1)C(=O)c1ccccc1C. The third kappa shape index (κ3) is 6.52. The number of aromatic nitrogens is 2. The van der Waals surface area contributed by atoms with E-state index in [9.17, 15) is 9.59 Å². The van der Waals surface area contributed by atoms with Crippen molar-refractivity contribution in [2.45, 2.75) is 39.7 Å². The summed E-state index contributed by atoms with van der Waals surface area (Å²) in [5.74, 6) is 1.94. The van der Waals surface area contributed by atoms with Gasteiger partial charge >= 0.3 is 0 Å². The van der Waals surface area contributed by atoms with Gasteiger partial charge in [0, 0.05) is 43.3 Å². The smallest absolute Gasteiger partial charge is 0.254 e. The molecule has 2 heterocycles. The summed E-state index contributed by atoms with van der Waals surface area (Å²) >= 11 is 0. The van der Waals surface area contributed by atoms with Crippen LogP contribution in [0.1, 0.15) is 42.6 Å². The van der Waals surface area contributed by atoms with Gasteiger partial charge in [-0.2, -0.15) is 0 Å². The van der Waals surface area contributed by atoms with Gasteiger partial charge in [0.2, 0.25) is 5.91 Å². The summed E-state index contributed by atoms with van der Waals surface area (Å²) in [5.41, 5.74) is 3.18. The molecule has 0 saturated carbocycles. The Labute approximate surface area is 236 Å². The molecule has 1 aliphatic heterocycles. The maximum absolute atomic E-state index is 13.4. The number of hydrogen-bond donors (Lipinski definition) is 0. The quantitative estimate of drug-likeness (QED) is 0.393. The van der Waals surface area contributed by atoms with Gasteiger partial charge in [-0.15, -0.1) is 10.2 Å². The minimum absolute atomic E-state index is 0.0287. The second-order valence-corrected chi connectivity index (χ2v) is 10.1. The summed E-state index contributed by atoms with van der Waals surface area (Å²) in [6, 6.07) is 17.1. The van der Waals surface area contributed by atoms with Crippen molar-refractivity contribution in [1.82, 2.24) is 20.0 Å². The van der Waals surface area contributed by atoms with E-state index in [2.05, 4.69) is 15.1 Å². The normalized spacial score (nSPS) is 14.3. The van der Waals surface area contributed by atoms with Crippen LogP contribution in [0.5, 0.6) is 11.5 Å². The molecule has 9 nitrogen and oxygen atoms in total. The Kier molecular flexibility index (Phi) is 9.58. The van der Waals surface area contributed by atoms with Crippen molar-refractivity contribution < 1.29 is 19.1 Å². The molecule has 0 spiro atoms. The summed E-state index contributed by atoms with van der Waals surface area (Å²) in [7, 11) is 3.21. The largest absolute Gasteiger partial charge is 0.493 e. The number of aryl methyl sites for hydroxylation is 1. The van der Waals surface area contributed by atoms with Crippen LogP contribution in [-0.4, -0.2) is 84.8 Å². The zero-order chi connectivity index (χ0) is 28.6. The Morgan fingerprint density at radius 2 is 1.73 bits per heavy atom. The number of nitrogens with zero attached hydrogens (tertiary/aromatic N) is 5. The summed E-state index contributed by atoms with van der Waals surface area (Å²) in [6.45, 7) is 8.64. The molecule has 0 radical (unpaired) electrons. The fourth-order valence-corrected chi connectivity index (χ4v) is 4.90.